The maximum Gasteiger partial charge on any atom is 0.0992 e. The van der Waals surface area contributed by atoms with Crippen LogP contribution in [0.1, 0.15) is 17.2 Å². The highest BCUT2D eigenvalue weighted by Crippen LogP contribution is 2.34. The zero-order valence-electron chi connectivity index (χ0n) is 11.9. The summed E-state index contributed by atoms with van der Waals surface area (Å²) in [7, 11) is 0. The Bertz CT molecular complexity index is 707. The molecule has 2 aromatic rings. The van der Waals surface area contributed by atoms with Crippen LogP contribution in [0.25, 0.3) is 0 Å². The van der Waals surface area contributed by atoms with Gasteiger partial charge in [-0.1, -0.05) is 35.3 Å². The average molecular weight is 332 g/mol. The molecule has 2 aromatic carbocycles. The van der Waals surface area contributed by atoms with E-state index in [9.17, 15) is 0 Å². The zero-order valence-corrected chi connectivity index (χ0v) is 13.4. The molecule has 0 amide bonds. The van der Waals surface area contributed by atoms with Crippen molar-refractivity contribution in [3.05, 3.63) is 63.6 Å². The van der Waals surface area contributed by atoms with Crippen molar-refractivity contribution in [2.24, 2.45) is 0 Å². The van der Waals surface area contributed by atoms with Crippen molar-refractivity contribution in [1.82, 2.24) is 5.32 Å². The van der Waals surface area contributed by atoms with Gasteiger partial charge in [0.1, 0.15) is 0 Å². The van der Waals surface area contributed by atoms with E-state index in [0.29, 0.717) is 10.6 Å². The first-order valence-electron chi connectivity index (χ1n) is 7.11. The predicted molar refractivity (Wildman–Crippen MR) is 90.6 cm³/mol. The van der Waals surface area contributed by atoms with Gasteiger partial charge in [0, 0.05) is 24.7 Å². The molecule has 22 heavy (non-hydrogen) atoms. The number of nitriles is 1. The minimum atomic E-state index is 0.191. The Labute approximate surface area is 140 Å². The monoisotopic (exact) mass is 331 g/mol. The van der Waals surface area contributed by atoms with Crippen LogP contribution in [-0.4, -0.2) is 19.6 Å². The lowest BCUT2D eigenvalue weighted by atomic mass is 10.0. The topological polar surface area (TPSA) is 39.1 Å². The van der Waals surface area contributed by atoms with Gasteiger partial charge in [0.25, 0.3) is 0 Å². The summed E-state index contributed by atoms with van der Waals surface area (Å²) >= 11 is 12.4. The Balaban J connectivity index is 1.96. The van der Waals surface area contributed by atoms with Gasteiger partial charge in [-0.15, -0.1) is 0 Å². The van der Waals surface area contributed by atoms with Crippen molar-refractivity contribution in [2.45, 2.75) is 6.04 Å². The van der Waals surface area contributed by atoms with Crippen LogP contribution in [0.3, 0.4) is 0 Å². The maximum absolute atomic E-state index is 8.97. The minimum Gasteiger partial charge on any atom is -0.361 e. The van der Waals surface area contributed by atoms with Crippen LogP contribution in [0.15, 0.2) is 42.5 Å². The van der Waals surface area contributed by atoms with E-state index in [-0.39, 0.29) is 6.04 Å². The molecule has 1 atom stereocenters. The molecule has 3 nitrogen and oxygen atoms in total. The molecule has 0 aromatic heterocycles. The van der Waals surface area contributed by atoms with Crippen molar-refractivity contribution in [1.29, 1.82) is 5.26 Å². The fourth-order valence-corrected chi connectivity index (χ4v) is 3.20. The Morgan fingerprint density at radius 1 is 1.14 bits per heavy atom. The molecule has 0 radical (unpaired) electrons. The summed E-state index contributed by atoms with van der Waals surface area (Å²) in [5.41, 5.74) is 2.73. The van der Waals surface area contributed by atoms with Gasteiger partial charge >= 0.3 is 0 Å². The van der Waals surface area contributed by atoms with Crippen molar-refractivity contribution >= 4 is 28.9 Å². The first-order valence-corrected chi connectivity index (χ1v) is 7.87. The molecule has 1 aliphatic heterocycles. The summed E-state index contributed by atoms with van der Waals surface area (Å²) in [6, 6.07) is 15.7. The van der Waals surface area contributed by atoms with Crippen LogP contribution in [-0.2, 0) is 0 Å². The lowest BCUT2D eigenvalue weighted by molar-refractivity contribution is 0.490. The predicted octanol–water partition coefficient (Wildman–Crippen LogP) is 4.02. The molecule has 0 bridgehead atoms. The molecule has 0 saturated carbocycles. The van der Waals surface area contributed by atoms with E-state index in [0.717, 1.165) is 30.3 Å². The summed E-state index contributed by atoms with van der Waals surface area (Å²) in [4.78, 5) is 2.28. The van der Waals surface area contributed by atoms with E-state index in [1.807, 2.05) is 36.4 Å². The highest BCUT2D eigenvalue weighted by Gasteiger charge is 2.25. The largest absolute Gasteiger partial charge is 0.361 e. The summed E-state index contributed by atoms with van der Waals surface area (Å²) in [6.07, 6.45) is 0. The third kappa shape index (κ3) is 3.05. The minimum absolute atomic E-state index is 0.191. The number of benzene rings is 2. The van der Waals surface area contributed by atoms with Crippen molar-refractivity contribution in [3.63, 3.8) is 0 Å². The molecule has 5 heteroatoms. The fourth-order valence-electron chi connectivity index (χ4n) is 2.78. The first-order chi connectivity index (χ1) is 10.7. The van der Waals surface area contributed by atoms with E-state index < -0.39 is 0 Å². The van der Waals surface area contributed by atoms with Gasteiger partial charge in [-0.25, -0.2) is 0 Å². The zero-order chi connectivity index (χ0) is 15.5. The number of nitrogens with zero attached hydrogens (tertiary/aromatic N) is 2. The number of rotatable bonds is 2. The van der Waals surface area contributed by atoms with Gasteiger partial charge in [-0.3, -0.25) is 0 Å². The van der Waals surface area contributed by atoms with E-state index >= 15 is 0 Å². The Morgan fingerprint density at radius 3 is 2.59 bits per heavy atom. The van der Waals surface area contributed by atoms with E-state index in [1.54, 1.807) is 6.07 Å². The quantitative estimate of drug-likeness (QED) is 0.903. The Morgan fingerprint density at radius 2 is 1.91 bits per heavy atom. The van der Waals surface area contributed by atoms with E-state index in [4.69, 9.17) is 28.5 Å². The maximum atomic E-state index is 8.97. The van der Waals surface area contributed by atoms with Crippen molar-refractivity contribution in [3.8, 4) is 6.07 Å². The van der Waals surface area contributed by atoms with Crippen LogP contribution in [0.2, 0.25) is 10.0 Å². The smallest absolute Gasteiger partial charge is 0.0992 e. The molecular weight excluding hydrogens is 317 g/mol. The highest BCUT2D eigenvalue weighted by molar-refractivity contribution is 6.33. The normalized spacial score (nSPS) is 18.0. The second-order valence-electron chi connectivity index (χ2n) is 5.24. The van der Waals surface area contributed by atoms with Crippen molar-refractivity contribution in [2.75, 3.05) is 24.5 Å². The molecular formula is C17H15Cl2N3. The van der Waals surface area contributed by atoms with Gasteiger partial charge < -0.3 is 10.2 Å². The second kappa shape index (κ2) is 6.58. The lowest BCUT2D eigenvalue weighted by Gasteiger charge is -2.38. The third-order valence-electron chi connectivity index (χ3n) is 3.88. The number of hydrogen-bond donors (Lipinski definition) is 1. The van der Waals surface area contributed by atoms with Crippen molar-refractivity contribution < 1.29 is 0 Å². The summed E-state index contributed by atoms with van der Waals surface area (Å²) in [5.74, 6) is 0. The number of piperazine rings is 1. The molecule has 0 aliphatic carbocycles. The molecule has 3 rings (SSSR count). The standard InChI is InChI=1S/C17H15Cl2N3/c18-14-4-2-13(3-5-14)17-11-21-7-8-22(17)16-6-1-12(10-20)9-15(16)19/h1-6,9,17,21H,7-8,11H2. The molecule has 0 spiro atoms. The molecule has 112 valence electrons. The number of nitrogens with one attached hydrogen (secondary N) is 1. The van der Waals surface area contributed by atoms with Crippen LogP contribution >= 0.6 is 23.2 Å². The van der Waals surface area contributed by atoms with E-state index in [2.05, 4.69) is 16.3 Å². The van der Waals surface area contributed by atoms with Gasteiger partial charge in [0.15, 0.2) is 0 Å². The molecule has 1 unspecified atom stereocenters. The van der Waals surface area contributed by atoms with Gasteiger partial charge in [-0.05, 0) is 35.9 Å². The Kier molecular flexibility index (Phi) is 4.54. The van der Waals surface area contributed by atoms with E-state index in [1.165, 1.54) is 5.56 Å². The second-order valence-corrected chi connectivity index (χ2v) is 6.09. The van der Waals surface area contributed by atoms with Gasteiger partial charge in [-0.2, -0.15) is 5.26 Å². The van der Waals surface area contributed by atoms with Gasteiger partial charge in [0.2, 0.25) is 0 Å². The van der Waals surface area contributed by atoms with Crippen LogP contribution < -0.4 is 10.2 Å². The van der Waals surface area contributed by atoms with Gasteiger partial charge in [0.05, 0.1) is 28.4 Å². The number of hydrogen-bond acceptors (Lipinski definition) is 3. The van der Waals surface area contributed by atoms with Crippen LogP contribution in [0.4, 0.5) is 5.69 Å². The highest BCUT2D eigenvalue weighted by atomic mass is 35.5. The SMILES string of the molecule is N#Cc1ccc(N2CCNCC2c2ccc(Cl)cc2)c(Cl)c1. The number of halogens is 2. The summed E-state index contributed by atoms with van der Waals surface area (Å²) in [5, 5.41) is 13.7. The fraction of sp³-hybridized carbons (Fsp3) is 0.235. The number of anilines is 1. The molecule has 1 N–H and O–H groups in total. The summed E-state index contributed by atoms with van der Waals surface area (Å²) < 4.78 is 0. The molecule has 1 aliphatic rings. The summed E-state index contributed by atoms with van der Waals surface area (Å²) in [6.45, 7) is 2.61. The van der Waals surface area contributed by atoms with Crippen LogP contribution in [0.5, 0.6) is 0 Å². The molecule has 1 saturated heterocycles. The Hall–Kier alpha value is -1.73. The van der Waals surface area contributed by atoms with Crippen LogP contribution in [0, 0.1) is 11.3 Å². The average Bonchev–Trinajstić information content (AvgIpc) is 2.55. The molecule has 1 fully saturated rings. The molecule has 1 heterocycles. The third-order valence-corrected chi connectivity index (χ3v) is 4.44. The first kappa shape index (κ1) is 15.2. The lowest BCUT2D eigenvalue weighted by Crippen LogP contribution is -2.46.